The topological polar surface area (TPSA) is 52.1 Å². The normalized spacial score (nSPS) is 18.3. The van der Waals surface area contributed by atoms with Gasteiger partial charge in [-0.1, -0.05) is 44.2 Å². The number of nitrogens with one attached hydrogen (secondary N) is 2. The number of morpholine rings is 1. The smallest absolute Gasteiger partial charge is 0.191 e. The Hall–Kier alpha value is -1.63. The van der Waals surface area contributed by atoms with E-state index in [9.17, 15) is 0 Å². The maximum absolute atomic E-state index is 5.51. The van der Waals surface area contributed by atoms with Crippen LogP contribution in [0.1, 0.15) is 19.4 Å². The van der Waals surface area contributed by atoms with E-state index in [-0.39, 0.29) is 0 Å². The van der Waals surface area contributed by atoms with Crippen molar-refractivity contribution in [2.24, 2.45) is 10.9 Å². The molecule has 0 bridgehead atoms. The summed E-state index contributed by atoms with van der Waals surface area (Å²) in [6.07, 6.45) is 1.01. The van der Waals surface area contributed by atoms with E-state index < -0.39 is 0 Å². The Morgan fingerprint density at radius 1 is 1.11 bits per heavy atom. The first-order valence-electron chi connectivity index (χ1n) is 10.5. The average Bonchev–Trinajstić information content (AvgIpc) is 2.70. The molecule has 1 aliphatic heterocycles. The first-order valence-corrected chi connectivity index (χ1v) is 10.5. The van der Waals surface area contributed by atoms with Gasteiger partial charge < -0.3 is 20.3 Å². The van der Waals surface area contributed by atoms with Gasteiger partial charge in [-0.3, -0.25) is 9.89 Å². The van der Waals surface area contributed by atoms with Crippen molar-refractivity contribution in [3.63, 3.8) is 0 Å². The second-order valence-corrected chi connectivity index (χ2v) is 8.10. The zero-order valence-electron chi connectivity index (χ0n) is 18.3. The number of hydrogen-bond donors (Lipinski definition) is 2. The van der Waals surface area contributed by atoms with Crippen LogP contribution in [-0.4, -0.2) is 88.4 Å². The Morgan fingerprint density at radius 3 is 2.32 bits per heavy atom. The van der Waals surface area contributed by atoms with Crippen LogP contribution in [0.25, 0.3) is 0 Å². The van der Waals surface area contributed by atoms with Gasteiger partial charge in [0.15, 0.2) is 5.96 Å². The van der Waals surface area contributed by atoms with Gasteiger partial charge in [-0.15, -0.1) is 0 Å². The lowest BCUT2D eigenvalue weighted by Crippen LogP contribution is -2.53. The van der Waals surface area contributed by atoms with E-state index in [1.54, 1.807) is 0 Å². The van der Waals surface area contributed by atoms with Crippen LogP contribution in [-0.2, 0) is 11.2 Å². The summed E-state index contributed by atoms with van der Waals surface area (Å²) in [7, 11) is 6.12. The van der Waals surface area contributed by atoms with E-state index in [0.717, 1.165) is 51.8 Å². The molecule has 0 amide bonds. The van der Waals surface area contributed by atoms with Gasteiger partial charge in [0, 0.05) is 45.3 Å². The molecule has 0 saturated carbocycles. The van der Waals surface area contributed by atoms with Crippen LogP contribution in [0.4, 0.5) is 0 Å². The van der Waals surface area contributed by atoms with Crippen LogP contribution in [0.15, 0.2) is 35.3 Å². The number of aliphatic imine (C=N–C) groups is 1. The highest BCUT2D eigenvalue weighted by Crippen LogP contribution is 2.12. The minimum Gasteiger partial charge on any atom is -0.379 e. The first-order chi connectivity index (χ1) is 13.5. The highest BCUT2D eigenvalue weighted by Gasteiger charge is 2.24. The molecule has 2 atom stereocenters. The fourth-order valence-corrected chi connectivity index (χ4v) is 3.66. The lowest BCUT2D eigenvalue weighted by Gasteiger charge is -2.37. The fraction of sp³-hybridized carbons (Fsp3) is 0.682. The summed E-state index contributed by atoms with van der Waals surface area (Å²) < 4.78 is 5.51. The number of likely N-dealkylation sites (N-methyl/N-ethyl adjacent to an activating group) is 1. The predicted molar refractivity (Wildman–Crippen MR) is 118 cm³/mol. The average molecular weight is 390 g/mol. The molecule has 1 heterocycles. The highest BCUT2D eigenvalue weighted by atomic mass is 16.5. The standard InChI is InChI=1S/C22H39N5O/c1-18(2)21(27-11-13-28-14-12-27)17-25-22(23-3)24-16-20(26(4)5)15-19-9-7-6-8-10-19/h6-10,18,20-21H,11-17H2,1-5H3,(H2,23,24,25). The van der Waals surface area contributed by atoms with Gasteiger partial charge in [0.1, 0.15) is 0 Å². The third-order valence-electron chi connectivity index (χ3n) is 5.54. The highest BCUT2D eigenvalue weighted by molar-refractivity contribution is 5.79. The molecular formula is C22H39N5O. The van der Waals surface area contributed by atoms with E-state index in [4.69, 9.17) is 4.74 Å². The van der Waals surface area contributed by atoms with Crippen molar-refractivity contribution in [2.45, 2.75) is 32.4 Å². The monoisotopic (exact) mass is 389 g/mol. The molecule has 1 fully saturated rings. The quantitative estimate of drug-likeness (QED) is 0.497. The Morgan fingerprint density at radius 2 is 1.75 bits per heavy atom. The molecule has 0 radical (unpaired) electrons. The molecule has 158 valence electrons. The summed E-state index contributed by atoms with van der Waals surface area (Å²) in [5, 5.41) is 7.07. The van der Waals surface area contributed by atoms with E-state index in [0.29, 0.717) is 18.0 Å². The zero-order chi connectivity index (χ0) is 20.4. The van der Waals surface area contributed by atoms with Crippen molar-refractivity contribution in [3.8, 4) is 0 Å². The Bertz CT molecular complexity index is 570. The summed E-state index contributed by atoms with van der Waals surface area (Å²) >= 11 is 0. The lowest BCUT2D eigenvalue weighted by molar-refractivity contribution is 0.00752. The SMILES string of the molecule is CN=C(NCC(Cc1ccccc1)N(C)C)NCC(C(C)C)N1CCOCC1. The zero-order valence-corrected chi connectivity index (χ0v) is 18.3. The summed E-state index contributed by atoms with van der Waals surface area (Å²) in [6, 6.07) is 11.6. The molecule has 6 nitrogen and oxygen atoms in total. The summed E-state index contributed by atoms with van der Waals surface area (Å²) in [4.78, 5) is 9.25. The van der Waals surface area contributed by atoms with Crippen molar-refractivity contribution in [2.75, 3.05) is 60.5 Å². The largest absolute Gasteiger partial charge is 0.379 e. The van der Waals surface area contributed by atoms with Crippen molar-refractivity contribution in [1.29, 1.82) is 0 Å². The molecule has 0 spiro atoms. The second-order valence-electron chi connectivity index (χ2n) is 8.10. The number of nitrogens with zero attached hydrogens (tertiary/aromatic N) is 3. The third kappa shape index (κ3) is 7.41. The van der Waals surface area contributed by atoms with Gasteiger partial charge in [-0.05, 0) is 32.0 Å². The molecule has 2 unspecified atom stereocenters. The Balaban J connectivity index is 1.86. The third-order valence-corrected chi connectivity index (χ3v) is 5.54. The van der Waals surface area contributed by atoms with Crippen LogP contribution < -0.4 is 10.6 Å². The van der Waals surface area contributed by atoms with Crippen molar-refractivity contribution in [1.82, 2.24) is 20.4 Å². The summed E-state index contributed by atoms with van der Waals surface area (Å²) in [5.74, 6) is 1.45. The number of hydrogen-bond acceptors (Lipinski definition) is 4. The second kappa shape index (κ2) is 12.0. The van der Waals surface area contributed by atoms with Gasteiger partial charge in [0.2, 0.25) is 0 Å². The molecule has 1 saturated heterocycles. The molecule has 0 aromatic heterocycles. The van der Waals surface area contributed by atoms with Crippen LogP contribution in [0.3, 0.4) is 0 Å². The van der Waals surface area contributed by atoms with Gasteiger partial charge >= 0.3 is 0 Å². The van der Waals surface area contributed by atoms with E-state index >= 15 is 0 Å². The Labute approximate surface area is 171 Å². The van der Waals surface area contributed by atoms with Crippen LogP contribution in [0, 0.1) is 5.92 Å². The van der Waals surface area contributed by atoms with Crippen molar-refractivity contribution < 1.29 is 4.74 Å². The van der Waals surface area contributed by atoms with Gasteiger partial charge in [-0.2, -0.15) is 0 Å². The van der Waals surface area contributed by atoms with E-state index in [1.807, 2.05) is 7.05 Å². The maximum atomic E-state index is 5.51. The van der Waals surface area contributed by atoms with Gasteiger partial charge in [0.25, 0.3) is 0 Å². The molecular weight excluding hydrogens is 350 g/mol. The molecule has 1 aromatic rings. The van der Waals surface area contributed by atoms with Crippen molar-refractivity contribution >= 4 is 5.96 Å². The lowest BCUT2D eigenvalue weighted by atomic mass is 10.0. The minimum absolute atomic E-state index is 0.404. The van der Waals surface area contributed by atoms with E-state index in [1.165, 1.54) is 5.56 Å². The first kappa shape index (κ1) is 22.7. The predicted octanol–water partition coefficient (Wildman–Crippen LogP) is 1.68. The molecule has 28 heavy (non-hydrogen) atoms. The maximum Gasteiger partial charge on any atom is 0.191 e. The van der Waals surface area contributed by atoms with Gasteiger partial charge in [-0.25, -0.2) is 0 Å². The van der Waals surface area contributed by atoms with Gasteiger partial charge in [0.05, 0.1) is 13.2 Å². The molecule has 0 aliphatic carbocycles. The molecule has 6 heteroatoms. The number of ether oxygens (including phenoxy) is 1. The molecule has 2 N–H and O–H groups in total. The number of benzene rings is 1. The Kier molecular flexibility index (Phi) is 9.75. The number of rotatable bonds is 9. The van der Waals surface area contributed by atoms with Crippen molar-refractivity contribution in [3.05, 3.63) is 35.9 Å². The molecule has 2 rings (SSSR count). The van der Waals surface area contributed by atoms with Crippen LogP contribution in [0.2, 0.25) is 0 Å². The molecule has 1 aromatic carbocycles. The summed E-state index contributed by atoms with van der Waals surface area (Å²) in [6.45, 7) is 10.0. The van der Waals surface area contributed by atoms with E-state index in [2.05, 4.69) is 83.7 Å². The van der Waals surface area contributed by atoms with Crippen LogP contribution >= 0.6 is 0 Å². The molecule has 1 aliphatic rings. The fourth-order valence-electron chi connectivity index (χ4n) is 3.66. The minimum atomic E-state index is 0.404. The number of guanidine groups is 1. The summed E-state index contributed by atoms with van der Waals surface area (Å²) in [5.41, 5.74) is 1.36. The van der Waals surface area contributed by atoms with Crippen LogP contribution in [0.5, 0.6) is 0 Å².